The van der Waals surface area contributed by atoms with E-state index in [0.717, 1.165) is 75.8 Å². The maximum absolute atomic E-state index is 13.2. The fourth-order valence-electron chi connectivity index (χ4n) is 12.0. The molecule has 8 heterocycles. The van der Waals surface area contributed by atoms with Crippen LogP contribution in [-0.4, -0.2) is 164 Å². The van der Waals surface area contributed by atoms with E-state index in [4.69, 9.17) is 25.3 Å². The molecule has 4 fully saturated rings. The predicted molar refractivity (Wildman–Crippen MR) is 356 cm³/mol. The van der Waals surface area contributed by atoms with Crippen LogP contribution in [0.15, 0.2) is 134 Å². The van der Waals surface area contributed by atoms with Crippen molar-refractivity contribution in [1.82, 2.24) is 49.5 Å². The van der Waals surface area contributed by atoms with Crippen LogP contribution in [0.3, 0.4) is 0 Å². The van der Waals surface area contributed by atoms with Crippen molar-refractivity contribution in [2.24, 2.45) is 0 Å². The first-order valence-electron chi connectivity index (χ1n) is 31.4. The number of nitrogen functional groups attached to an aromatic ring is 1. The standard InChI is InChI=1S/C35H38N6O5.C25H23N5O2.C10H17NO4.CH4/c1-35(2,3)46-34(45)41-18-5-8-28(41)30(42)20-22-10-15-26-27(19-22)39-31(38-26)23-11-13-25(14-12-23)37-32(43)29-9-6-17-40(29)33(44)24-7-4-16-36-21-24;26-19-9-10-20-21(14-19)29-24(28-20)17-7-5-16(6-8-17)13-23(31)22-4-2-12-30(22)25(32)18-3-1-11-27-15-18;1-10(2,3)15-9(14)11-6-4-5-7(11)8(12)13;/h4,7,10-16,19,21,28-29H,5-6,8-9,17-18,20H2,1-3H3,(H,37,43)(H,38,39);1,3,5-11,14-15,22H,2,4,12-13,26H2,(H,28,29);7H,4-6H2,1-3H3,(H,12,13);1H4/t28-,29-;22-;7-;/m001./s1. The van der Waals surface area contributed by atoms with Gasteiger partial charge < -0.3 is 45.4 Å². The first-order valence-corrected chi connectivity index (χ1v) is 31.4. The number of nitrogens with two attached hydrogens (primary N) is 1. The number of carbonyl (C=O) groups is 8. The van der Waals surface area contributed by atoms with Crippen LogP contribution in [0.5, 0.6) is 0 Å². The van der Waals surface area contributed by atoms with Crippen molar-refractivity contribution >= 4 is 80.9 Å². The number of H-pyrrole nitrogens is 2. The van der Waals surface area contributed by atoms with Gasteiger partial charge in [0.2, 0.25) is 5.91 Å². The third-order valence-electron chi connectivity index (χ3n) is 16.4. The number of hydrogen-bond acceptors (Lipinski definition) is 15. The largest absolute Gasteiger partial charge is 0.480 e. The highest BCUT2D eigenvalue weighted by Crippen LogP contribution is 2.30. The van der Waals surface area contributed by atoms with E-state index in [1.807, 2.05) is 106 Å². The van der Waals surface area contributed by atoms with Gasteiger partial charge in [0.15, 0.2) is 11.6 Å². The Labute approximate surface area is 545 Å². The first kappa shape index (κ1) is 68.1. The van der Waals surface area contributed by atoms with E-state index in [-0.39, 0.29) is 49.2 Å². The minimum absolute atomic E-state index is 0. The number of carboxylic acids is 1. The molecule has 12 rings (SSSR count). The number of nitrogens with one attached hydrogen (secondary N) is 3. The second-order valence-electron chi connectivity index (χ2n) is 25.6. The van der Waals surface area contributed by atoms with Crippen LogP contribution in [-0.2, 0) is 41.5 Å². The fourth-order valence-corrected chi connectivity index (χ4v) is 12.0. The molecule has 94 heavy (non-hydrogen) atoms. The number of likely N-dealkylation sites (tertiary alicyclic amines) is 4. The molecule has 4 aromatic heterocycles. The van der Waals surface area contributed by atoms with Crippen molar-refractivity contribution in [3.63, 3.8) is 0 Å². The lowest BCUT2D eigenvalue weighted by Crippen LogP contribution is -2.43. The number of anilines is 2. The smallest absolute Gasteiger partial charge is 0.411 e. The van der Waals surface area contributed by atoms with Crippen molar-refractivity contribution in [3.8, 4) is 22.8 Å². The number of aliphatic carboxylic acids is 1. The number of hydrogen-bond donors (Lipinski definition) is 5. The van der Waals surface area contributed by atoms with Crippen molar-refractivity contribution in [2.45, 2.75) is 149 Å². The molecular formula is C71H82N12O11. The normalized spacial score (nSPS) is 17.7. The minimum atomic E-state index is -0.960. The molecular weight excluding hydrogens is 1200 g/mol. The third-order valence-corrected chi connectivity index (χ3v) is 16.4. The summed E-state index contributed by atoms with van der Waals surface area (Å²) in [6.45, 7) is 12.8. The number of ether oxygens (including phenoxy) is 2. The molecule has 0 aliphatic carbocycles. The molecule has 0 spiro atoms. The number of carboxylic acid groups (broad SMARTS) is 1. The molecule has 6 N–H and O–H groups in total. The average Bonchev–Trinajstić information content (AvgIpc) is 1.67. The highest BCUT2D eigenvalue weighted by Gasteiger charge is 2.39. The molecule has 5 amide bonds. The van der Waals surface area contributed by atoms with Crippen LogP contribution in [0, 0.1) is 0 Å². The van der Waals surface area contributed by atoms with E-state index < -0.39 is 47.5 Å². The SMILES string of the molecule is C.CC(C)(C)OC(=O)N1CCC[C@@H]1C(=O)O.CC(C)(C)OC(=O)N1CCC[C@H]1C(=O)Cc1ccc2nc(-c3ccc(NC(=O)[C@@H]4CCCN4C(=O)c4cccnc4)cc3)[nH]c2c1.Nc1ccc2nc(-c3ccc(CC(=O)[C@@H]4CCCN4C(=O)c4cccnc4)cc3)[nH]c2c1. The van der Waals surface area contributed by atoms with Gasteiger partial charge in [-0.3, -0.25) is 43.7 Å². The summed E-state index contributed by atoms with van der Waals surface area (Å²) in [6.07, 6.45) is 11.3. The molecule has 0 bridgehead atoms. The number of pyridine rings is 2. The maximum Gasteiger partial charge on any atom is 0.411 e. The van der Waals surface area contributed by atoms with Crippen LogP contribution < -0.4 is 11.1 Å². The molecule has 4 aliphatic rings. The molecule has 4 aliphatic heterocycles. The Hall–Kier alpha value is -10.3. The first-order chi connectivity index (χ1) is 44.4. The summed E-state index contributed by atoms with van der Waals surface area (Å²) in [4.78, 5) is 130. The Kier molecular flexibility index (Phi) is 21.4. The van der Waals surface area contributed by atoms with E-state index in [2.05, 4.69) is 30.2 Å². The zero-order valence-corrected chi connectivity index (χ0v) is 53.1. The molecule has 23 heteroatoms. The summed E-state index contributed by atoms with van der Waals surface area (Å²) in [7, 11) is 0. The number of benzene rings is 4. The van der Waals surface area contributed by atoms with Crippen molar-refractivity contribution in [2.75, 3.05) is 37.2 Å². The van der Waals surface area contributed by atoms with Crippen LogP contribution in [0.4, 0.5) is 21.0 Å². The summed E-state index contributed by atoms with van der Waals surface area (Å²) in [5.41, 5.74) is 13.8. The number of aromatic nitrogens is 6. The molecule has 0 unspecified atom stereocenters. The van der Waals surface area contributed by atoms with Crippen LogP contribution >= 0.6 is 0 Å². The number of aromatic amines is 2. The number of ketones is 2. The predicted octanol–water partition coefficient (Wildman–Crippen LogP) is 11.1. The summed E-state index contributed by atoms with van der Waals surface area (Å²) in [5.74, 6) is -0.0399. The summed E-state index contributed by atoms with van der Waals surface area (Å²) < 4.78 is 10.6. The Morgan fingerprint density at radius 3 is 1.47 bits per heavy atom. The highest BCUT2D eigenvalue weighted by molar-refractivity contribution is 6.02. The molecule has 4 saturated heterocycles. The van der Waals surface area contributed by atoms with Crippen molar-refractivity contribution in [1.29, 1.82) is 0 Å². The van der Waals surface area contributed by atoms with Gasteiger partial charge in [-0.15, -0.1) is 0 Å². The van der Waals surface area contributed by atoms with Crippen LogP contribution in [0.2, 0.25) is 0 Å². The van der Waals surface area contributed by atoms with E-state index >= 15 is 0 Å². The van der Waals surface area contributed by atoms with Gasteiger partial charge in [-0.1, -0.05) is 37.8 Å². The quantitative estimate of drug-likeness (QED) is 0.0670. The van der Waals surface area contributed by atoms with Gasteiger partial charge in [0, 0.05) is 86.3 Å². The van der Waals surface area contributed by atoms with E-state index in [9.17, 15) is 38.4 Å². The number of nitrogens with zero attached hydrogens (tertiary/aromatic N) is 8. The molecule has 8 aromatic rings. The fraction of sp³-hybridized carbons (Fsp3) is 0.380. The molecule has 4 aromatic carbocycles. The molecule has 0 radical (unpaired) electrons. The van der Waals surface area contributed by atoms with Gasteiger partial charge in [-0.2, -0.15) is 0 Å². The molecule has 492 valence electrons. The summed E-state index contributed by atoms with van der Waals surface area (Å²) in [5, 5.41) is 11.8. The van der Waals surface area contributed by atoms with Gasteiger partial charge in [0.1, 0.15) is 34.9 Å². The second-order valence-corrected chi connectivity index (χ2v) is 25.6. The lowest BCUT2D eigenvalue weighted by molar-refractivity contribution is -0.142. The number of fused-ring (bicyclic) bond motifs is 2. The average molecular weight is 1280 g/mol. The topological polar surface area (TPSA) is 309 Å². The summed E-state index contributed by atoms with van der Waals surface area (Å²) >= 11 is 0. The van der Waals surface area contributed by atoms with Crippen LogP contribution in [0.25, 0.3) is 44.8 Å². The lowest BCUT2D eigenvalue weighted by atomic mass is 10.0. The minimum Gasteiger partial charge on any atom is -0.480 e. The zero-order valence-electron chi connectivity index (χ0n) is 53.1. The van der Waals surface area contributed by atoms with Gasteiger partial charge in [-0.25, -0.2) is 24.4 Å². The number of imidazole rings is 2. The van der Waals surface area contributed by atoms with E-state index in [1.165, 1.54) is 11.1 Å². The van der Waals surface area contributed by atoms with Gasteiger partial charge in [0.05, 0.1) is 45.3 Å². The summed E-state index contributed by atoms with van der Waals surface area (Å²) in [6, 6.07) is 31.2. The maximum atomic E-state index is 13.2. The van der Waals surface area contributed by atoms with Gasteiger partial charge in [-0.05, 0) is 183 Å². The van der Waals surface area contributed by atoms with E-state index in [0.29, 0.717) is 86.6 Å². The Morgan fingerprint density at radius 1 is 0.543 bits per heavy atom. The lowest BCUT2D eigenvalue weighted by Gasteiger charge is -2.28. The monoisotopic (exact) mass is 1280 g/mol. The van der Waals surface area contributed by atoms with Crippen LogP contribution in [0.1, 0.15) is 132 Å². The molecule has 0 saturated carbocycles. The van der Waals surface area contributed by atoms with E-state index in [1.54, 1.807) is 78.3 Å². The Bertz CT molecular complexity index is 4030. The number of Topliss-reactive ketones (excluding diaryl/α,β-unsaturated/α-hetero) is 2. The number of rotatable bonds is 13. The van der Waals surface area contributed by atoms with Crippen molar-refractivity contribution < 1.29 is 52.9 Å². The Balaban J connectivity index is 0.000000187. The Morgan fingerprint density at radius 2 is 0.968 bits per heavy atom. The second kappa shape index (κ2) is 29.5. The van der Waals surface area contributed by atoms with Gasteiger partial charge >= 0.3 is 18.2 Å². The highest BCUT2D eigenvalue weighted by atomic mass is 16.6. The van der Waals surface area contributed by atoms with Gasteiger partial charge in [0.25, 0.3) is 11.8 Å². The zero-order chi connectivity index (χ0) is 66.1. The number of carbonyl (C=O) groups excluding carboxylic acids is 7. The van der Waals surface area contributed by atoms with Crippen molar-refractivity contribution in [3.05, 3.63) is 156 Å². The molecule has 4 atom stereocenters. The number of amides is 5. The molecule has 23 nitrogen and oxygen atoms in total. The third kappa shape index (κ3) is 16.8.